The van der Waals surface area contributed by atoms with Crippen LogP contribution in [-0.4, -0.2) is 90.6 Å². The van der Waals surface area contributed by atoms with Crippen LogP contribution in [0, 0.1) is 0 Å². The predicted molar refractivity (Wildman–Crippen MR) is 149 cm³/mol. The van der Waals surface area contributed by atoms with Crippen LogP contribution in [0.3, 0.4) is 0 Å². The second-order valence-corrected chi connectivity index (χ2v) is 10.4. The number of amides is 1. The summed E-state index contributed by atoms with van der Waals surface area (Å²) in [6.45, 7) is 6.06. The molecule has 0 unspecified atom stereocenters. The number of carbonyl (C=O) groups excluding carboxylic acids is 2. The fourth-order valence-electron chi connectivity index (χ4n) is 5.54. The number of piperidine rings is 1. The van der Waals surface area contributed by atoms with Crippen LogP contribution in [0.4, 0.5) is 11.6 Å². The molecule has 4 rings (SSSR count). The van der Waals surface area contributed by atoms with E-state index in [1.165, 1.54) is 14.2 Å². The van der Waals surface area contributed by atoms with E-state index in [2.05, 4.69) is 36.9 Å². The Morgan fingerprint density at radius 2 is 1.82 bits per heavy atom. The maximum atomic E-state index is 12.7. The number of nitrogens with zero attached hydrogens (tertiary/aromatic N) is 5. The molecule has 10 nitrogen and oxygen atoms in total. The summed E-state index contributed by atoms with van der Waals surface area (Å²) in [5, 5.41) is 3.31. The molecule has 1 aromatic carbocycles. The average molecular weight is 565 g/mol. The van der Waals surface area contributed by atoms with Gasteiger partial charge in [-0.15, -0.1) is 0 Å². The number of hydrogen-bond donors (Lipinski definition) is 2. The largest absolute Gasteiger partial charge is 0.468 e. The van der Waals surface area contributed by atoms with Crippen LogP contribution >= 0.6 is 23.2 Å². The summed E-state index contributed by atoms with van der Waals surface area (Å²) in [4.78, 5) is 40.2. The van der Waals surface area contributed by atoms with Gasteiger partial charge in [-0.05, 0) is 37.0 Å². The lowest BCUT2D eigenvalue weighted by atomic mass is 9.95. The number of halogens is 2. The van der Waals surface area contributed by atoms with Crippen LogP contribution in [-0.2, 0) is 9.53 Å². The second kappa shape index (κ2) is 12.5. The number of esters is 1. The van der Waals surface area contributed by atoms with Gasteiger partial charge in [0, 0.05) is 56.9 Å². The lowest BCUT2D eigenvalue weighted by Gasteiger charge is -2.48. The highest BCUT2D eigenvalue weighted by molar-refractivity contribution is 6.32. The van der Waals surface area contributed by atoms with Crippen molar-refractivity contribution in [2.75, 3.05) is 57.5 Å². The van der Waals surface area contributed by atoms with Crippen LogP contribution in [0.25, 0.3) is 0 Å². The standard InChI is InChI=1S/C26H35Cl2N7O3/c1-4-18-15-34(24-22(28)31-20(23(29)32-24)25(36)30-2)13-14-35(18)19-9-11-33(12-10-19)21(26(37)38-3)16-5-7-17(27)8-6-16/h5-8,18-19,21H,4,9-15H2,1-3H3,(H2,29,32)(H,30,36)/t18-,21-/m0/s1. The number of benzene rings is 1. The Labute approximate surface area is 233 Å². The van der Waals surface area contributed by atoms with Crippen molar-refractivity contribution in [1.82, 2.24) is 25.1 Å². The van der Waals surface area contributed by atoms with Crippen molar-refractivity contribution >= 4 is 46.7 Å². The monoisotopic (exact) mass is 563 g/mol. The van der Waals surface area contributed by atoms with E-state index < -0.39 is 11.9 Å². The zero-order valence-electron chi connectivity index (χ0n) is 22.0. The molecule has 2 aromatic rings. The molecule has 2 fully saturated rings. The third-order valence-electron chi connectivity index (χ3n) is 7.55. The van der Waals surface area contributed by atoms with E-state index in [4.69, 9.17) is 33.7 Å². The number of ether oxygens (including phenoxy) is 1. The smallest absolute Gasteiger partial charge is 0.327 e. The third-order valence-corrected chi connectivity index (χ3v) is 8.05. The number of piperazine rings is 1. The number of hydrogen-bond acceptors (Lipinski definition) is 9. The van der Waals surface area contributed by atoms with E-state index in [1.54, 1.807) is 12.1 Å². The highest BCUT2D eigenvalue weighted by atomic mass is 35.5. The molecule has 0 radical (unpaired) electrons. The molecule has 0 spiro atoms. The van der Waals surface area contributed by atoms with E-state index in [1.807, 2.05) is 12.1 Å². The van der Waals surface area contributed by atoms with Crippen molar-refractivity contribution in [3.63, 3.8) is 0 Å². The number of carbonyl (C=O) groups is 2. The lowest BCUT2D eigenvalue weighted by Crippen LogP contribution is -2.59. The molecule has 38 heavy (non-hydrogen) atoms. The third kappa shape index (κ3) is 5.98. The molecular formula is C26H35Cl2N7O3. The van der Waals surface area contributed by atoms with Gasteiger partial charge in [-0.2, -0.15) is 0 Å². The summed E-state index contributed by atoms with van der Waals surface area (Å²) in [7, 11) is 2.94. The molecule has 2 aliphatic rings. The van der Waals surface area contributed by atoms with Gasteiger partial charge >= 0.3 is 5.97 Å². The number of nitrogens with two attached hydrogens (primary N) is 1. The summed E-state index contributed by atoms with van der Waals surface area (Å²) in [5.41, 5.74) is 6.95. The Hall–Kier alpha value is -2.66. The normalized spacial score (nSPS) is 20.2. The highest BCUT2D eigenvalue weighted by Crippen LogP contribution is 2.32. The van der Waals surface area contributed by atoms with Crippen molar-refractivity contribution in [3.8, 4) is 0 Å². The summed E-state index contributed by atoms with van der Waals surface area (Å²) in [5.74, 6) is -0.108. The van der Waals surface area contributed by atoms with E-state index in [9.17, 15) is 9.59 Å². The predicted octanol–water partition coefficient (Wildman–Crippen LogP) is 3.00. The maximum Gasteiger partial charge on any atom is 0.327 e. The summed E-state index contributed by atoms with van der Waals surface area (Å²) in [6.07, 6.45) is 2.86. The van der Waals surface area contributed by atoms with Crippen LogP contribution in [0.15, 0.2) is 24.3 Å². The molecule has 2 aliphatic heterocycles. The van der Waals surface area contributed by atoms with Crippen molar-refractivity contribution in [1.29, 1.82) is 0 Å². The van der Waals surface area contributed by atoms with Gasteiger partial charge in [0.25, 0.3) is 5.91 Å². The number of likely N-dealkylation sites (tertiary alicyclic amines) is 1. The molecule has 2 saturated heterocycles. The molecular weight excluding hydrogens is 529 g/mol. The van der Waals surface area contributed by atoms with E-state index in [-0.39, 0.29) is 22.6 Å². The molecule has 2 atom stereocenters. The van der Waals surface area contributed by atoms with Gasteiger partial charge in [-0.25, -0.2) is 14.8 Å². The first kappa shape index (κ1) is 28.4. The van der Waals surface area contributed by atoms with E-state index >= 15 is 0 Å². The summed E-state index contributed by atoms with van der Waals surface area (Å²) < 4.78 is 5.14. The molecule has 206 valence electrons. The van der Waals surface area contributed by atoms with Crippen LogP contribution in [0.5, 0.6) is 0 Å². The number of methoxy groups -OCH3 is 1. The fourth-order valence-corrected chi connectivity index (χ4v) is 5.91. The summed E-state index contributed by atoms with van der Waals surface area (Å²) in [6, 6.07) is 7.66. The summed E-state index contributed by atoms with van der Waals surface area (Å²) >= 11 is 12.5. The Bertz CT molecular complexity index is 1140. The first-order chi connectivity index (χ1) is 18.3. The van der Waals surface area contributed by atoms with Gasteiger partial charge in [0.05, 0.1) is 7.11 Å². The number of nitrogens with one attached hydrogen (secondary N) is 1. The fraction of sp³-hybridized carbons (Fsp3) is 0.538. The van der Waals surface area contributed by atoms with Gasteiger partial charge in [-0.1, -0.05) is 42.3 Å². The highest BCUT2D eigenvalue weighted by Gasteiger charge is 2.37. The van der Waals surface area contributed by atoms with E-state index in [0.717, 1.165) is 57.5 Å². The Balaban J connectivity index is 1.42. The lowest BCUT2D eigenvalue weighted by molar-refractivity contribution is -0.148. The average Bonchev–Trinajstić information content (AvgIpc) is 2.94. The van der Waals surface area contributed by atoms with E-state index in [0.29, 0.717) is 22.9 Å². The van der Waals surface area contributed by atoms with Crippen LogP contribution < -0.4 is 16.0 Å². The van der Waals surface area contributed by atoms with Gasteiger partial charge in [0.2, 0.25) is 0 Å². The zero-order chi connectivity index (χ0) is 27.4. The number of nitrogen functional groups attached to an aromatic ring is 1. The minimum atomic E-state index is -0.444. The van der Waals surface area contributed by atoms with Gasteiger partial charge in [0.1, 0.15) is 6.04 Å². The topological polar surface area (TPSA) is 117 Å². The molecule has 1 amide bonds. The minimum Gasteiger partial charge on any atom is -0.468 e. The maximum absolute atomic E-state index is 12.7. The van der Waals surface area contributed by atoms with Gasteiger partial charge in [-0.3, -0.25) is 14.6 Å². The minimum absolute atomic E-state index is 0.0301. The van der Waals surface area contributed by atoms with Gasteiger partial charge < -0.3 is 20.7 Å². The number of aromatic nitrogens is 2. The molecule has 0 saturated carbocycles. The second-order valence-electron chi connectivity index (χ2n) is 9.64. The van der Waals surface area contributed by atoms with Crippen molar-refractivity contribution < 1.29 is 14.3 Å². The van der Waals surface area contributed by atoms with Crippen molar-refractivity contribution in [3.05, 3.63) is 45.7 Å². The molecule has 1 aromatic heterocycles. The quantitative estimate of drug-likeness (QED) is 0.490. The number of anilines is 2. The van der Waals surface area contributed by atoms with Crippen molar-refractivity contribution in [2.24, 2.45) is 0 Å². The number of rotatable bonds is 7. The first-order valence-corrected chi connectivity index (χ1v) is 13.7. The Morgan fingerprint density at radius 3 is 2.42 bits per heavy atom. The Kier molecular flexibility index (Phi) is 9.30. The molecule has 0 bridgehead atoms. The zero-order valence-corrected chi connectivity index (χ0v) is 23.5. The van der Waals surface area contributed by atoms with Crippen molar-refractivity contribution in [2.45, 2.75) is 44.3 Å². The molecule has 12 heteroatoms. The van der Waals surface area contributed by atoms with Crippen LogP contribution in [0.2, 0.25) is 10.2 Å². The SMILES string of the molecule is CC[C@H]1CN(c2nc(N)c(C(=O)NC)nc2Cl)CCN1C1CCN([C@H](C(=O)OC)c2ccc(Cl)cc2)CC1. The van der Waals surface area contributed by atoms with Crippen LogP contribution in [0.1, 0.15) is 48.3 Å². The first-order valence-electron chi connectivity index (χ1n) is 12.9. The van der Waals surface area contributed by atoms with Gasteiger partial charge in [0.15, 0.2) is 22.5 Å². The Morgan fingerprint density at radius 1 is 1.13 bits per heavy atom. The molecule has 3 N–H and O–H groups in total. The molecule has 3 heterocycles. The molecule has 0 aliphatic carbocycles.